The van der Waals surface area contributed by atoms with Gasteiger partial charge in [-0.25, -0.2) is 9.37 Å². The fourth-order valence-electron chi connectivity index (χ4n) is 4.35. The first-order valence-corrected chi connectivity index (χ1v) is 11.7. The molecule has 7 nitrogen and oxygen atoms in total. The van der Waals surface area contributed by atoms with Crippen LogP contribution in [0.2, 0.25) is 0 Å². The number of anilines is 3. The van der Waals surface area contributed by atoms with E-state index in [9.17, 15) is 4.39 Å². The van der Waals surface area contributed by atoms with Crippen LogP contribution in [0.3, 0.4) is 0 Å². The fraction of sp³-hybridized carbons (Fsp3) is 0.385. The van der Waals surface area contributed by atoms with Gasteiger partial charge in [0.1, 0.15) is 0 Å². The summed E-state index contributed by atoms with van der Waals surface area (Å²) < 4.78 is 24.9. The molecule has 1 fully saturated rings. The molecule has 1 aliphatic heterocycles. The maximum atomic E-state index is 14.4. The molecule has 180 valence electrons. The maximum Gasteiger partial charge on any atom is 0.224 e. The van der Waals surface area contributed by atoms with E-state index in [4.69, 9.17) is 9.47 Å². The van der Waals surface area contributed by atoms with Crippen molar-refractivity contribution in [3.8, 4) is 11.5 Å². The number of nitrogens with zero attached hydrogens (tertiary/aromatic N) is 3. The minimum absolute atomic E-state index is 0.105. The Kier molecular flexibility index (Phi) is 8.14. The standard InChI is InChI=1S/C26H32FN5O2/c1-33-23-12-11-20(16-24(23)34-2)30-25-22(27)17-29-26(31-25)28-14-13-21-10-6-7-15-32(21)18-19-8-4-3-5-9-19/h3-5,8-9,11-12,16-17,21H,6-7,10,13-15,18H2,1-2H3,(H2,28,29,30,31). The van der Waals surface area contributed by atoms with E-state index in [-0.39, 0.29) is 5.82 Å². The van der Waals surface area contributed by atoms with Crippen LogP contribution >= 0.6 is 0 Å². The molecule has 0 spiro atoms. The van der Waals surface area contributed by atoms with E-state index >= 15 is 0 Å². The third-order valence-corrected chi connectivity index (χ3v) is 6.13. The van der Waals surface area contributed by atoms with Gasteiger partial charge in [-0.2, -0.15) is 4.98 Å². The number of aromatic nitrogens is 2. The molecular formula is C26H32FN5O2. The summed E-state index contributed by atoms with van der Waals surface area (Å²) in [5, 5.41) is 6.27. The number of halogens is 1. The molecule has 2 N–H and O–H groups in total. The smallest absolute Gasteiger partial charge is 0.224 e. The Balaban J connectivity index is 1.35. The molecule has 2 aromatic carbocycles. The van der Waals surface area contributed by atoms with Crippen LogP contribution in [-0.4, -0.2) is 48.2 Å². The topological polar surface area (TPSA) is 71.5 Å². The average Bonchev–Trinajstić information content (AvgIpc) is 2.87. The first kappa shape index (κ1) is 23.8. The SMILES string of the molecule is COc1ccc(Nc2nc(NCCC3CCCCN3Cc3ccccc3)ncc2F)cc1OC. The van der Waals surface area contributed by atoms with E-state index in [1.54, 1.807) is 32.4 Å². The van der Waals surface area contributed by atoms with Crippen molar-refractivity contribution in [3.05, 3.63) is 66.1 Å². The Morgan fingerprint density at radius 2 is 1.88 bits per heavy atom. The van der Waals surface area contributed by atoms with Crippen LogP contribution in [0.15, 0.2) is 54.7 Å². The third kappa shape index (κ3) is 6.14. The largest absolute Gasteiger partial charge is 0.493 e. The summed E-state index contributed by atoms with van der Waals surface area (Å²) in [5.74, 6) is 1.12. The number of hydrogen-bond acceptors (Lipinski definition) is 7. The Labute approximate surface area is 200 Å². The van der Waals surface area contributed by atoms with Crippen molar-refractivity contribution >= 4 is 17.5 Å². The number of likely N-dealkylation sites (tertiary alicyclic amines) is 1. The van der Waals surface area contributed by atoms with Crippen LogP contribution in [0, 0.1) is 5.82 Å². The van der Waals surface area contributed by atoms with Crippen LogP contribution in [-0.2, 0) is 6.54 Å². The molecule has 0 aliphatic carbocycles. The molecule has 0 saturated carbocycles. The van der Waals surface area contributed by atoms with Crippen LogP contribution in [0.5, 0.6) is 11.5 Å². The van der Waals surface area contributed by atoms with E-state index in [0.29, 0.717) is 29.2 Å². The van der Waals surface area contributed by atoms with E-state index in [1.165, 1.54) is 31.0 Å². The molecule has 3 aromatic rings. The number of rotatable bonds is 10. The fourth-order valence-corrected chi connectivity index (χ4v) is 4.35. The number of benzene rings is 2. The molecule has 8 heteroatoms. The lowest BCUT2D eigenvalue weighted by molar-refractivity contribution is 0.135. The zero-order chi connectivity index (χ0) is 23.8. The molecule has 1 aromatic heterocycles. The van der Waals surface area contributed by atoms with Gasteiger partial charge in [0.05, 0.1) is 20.4 Å². The Morgan fingerprint density at radius 1 is 1.06 bits per heavy atom. The van der Waals surface area contributed by atoms with Gasteiger partial charge in [-0.05, 0) is 43.5 Å². The molecule has 1 saturated heterocycles. The lowest BCUT2D eigenvalue weighted by atomic mass is 9.98. The van der Waals surface area contributed by atoms with Gasteiger partial charge in [-0.1, -0.05) is 36.8 Å². The molecule has 4 rings (SSSR count). The number of nitrogens with one attached hydrogen (secondary N) is 2. The van der Waals surface area contributed by atoms with Crippen molar-refractivity contribution < 1.29 is 13.9 Å². The zero-order valence-corrected chi connectivity index (χ0v) is 19.8. The molecule has 0 amide bonds. The molecular weight excluding hydrogens is 433 g/mol. The second-order valence-corrected chi connectivity index (χ2v) is 8.41. The maximum absolute atomic E-state index is 14.4. The summed E-state index contributed by atoms with van der Waals surface area (Å²) >= 11 is 0. The quantitative estimate of drug-likeness (QED) is 0.425. The molecule has 1 aliphatic rings. The average molecular weight is 466 g/mol. The molecule has 1 unspecified atom stereocenters. The molecule has 0 bridgehead atoms. The highest BCUT2D eigenvalue weighted by atomic mass is 19.1. The highest BCUT2D eigenvalue weighted by Crippen LogP contribution is 2.31. The van der Waals surface area contributed by atoms with Crippen molar-refractivity contribution in [1.82, 2.24) is 14.9 Å². The summed E-state index contributed by atoms with van der Waals surface area (Å²) in [6, 6.07) is 16.4. The Hall–Kier alpha value is -3.39. The lowest BCUT2D eigenvalue weighted by Gasteiger charge is -2.36. The molecule has 1 atom stereocenters. The second-order valence-electron chi connectivity index (χ2n) is 8.41. The van der Waals surface area contributed by atoms with Crippen LogP contribution < -0.4 is 20.1 Å². The summed E-state index contributed by atoms with van der Waals surface area (Å²) in [7, 11) is 3.13. The highest BCUT2D eigenvalue weighted by Gasteiger charge is 2.22. The minimum Gasteiger partial charge on any atom is -0.493 e. The van der Waals surface area contributed by atoms with Crippen molar-refractivity contribution in [3.63, 3.8) is 0 Å². The first-order chi connectivity index (χ1) is 16.7. The van der Waals surface area contributed by atoms with Gasteiger partial charge >= 0.3 is 0 Å². The molecule has 2 heterocycles. The molecule has 0 radical (unpaired) electrons. The van der Waals surface area contributed by atoms with Crippen molar-refractivity contribution in [2.75, 3.05) is 37.9 Å². The molecule has 34 heavy (non-hydrogen) atoms. The van der Waals surface area contributed by atoms with Gasteiger partial charge in [0, 0.05) is 30.9 Å². The Bertz CT molecular complexity index is 1070. The van der Waals surface area contributed by atoms with Gasteiger partial charge in [-0.3, -0.25) is 4.90 Å². The van der Waals surface area contributed by atoms with E-state index in [1.807, 2.05) is 0 Å². The Morgan fingerprint density at radius 3 is 2.68 bits per heavy atom. The predicted molar refractivity (Wildman–Crippen MR) is 132 cm³/mol. The van der Waals surface area contributed by atoms with Crippen molar-refractivity contribution in [1.29, 1.82) is 0 Å². The van der Waals surface area contributed by atoms with Crippen LogP contribution in [0.1, 0.15) is 31.2 Å². The van der Waals surface area contributed by atoms with Gasteiger partial charge in [0.25, 0.3) is 0 Å². The van der Waals surface area contributed by atoms with Gasteiger partial charge in [-0.15, -0.1) is 0 Å². The number of methoxy groups -OCH3 is 2. The normalized spacial score (nSPS) is 16.1. The predicted octanol–water partition coefficient (Wildman–Crippen LogP) is 5.23. The van der Waals surface area contributed by atoms with Crippen LogP contribution in [0.25, 0.3) is 0 Å². The van der Waals surface area contributed by atoms with E-state index < -0.39 is 5.82 Å². The minimum atomic E-state index is -0.526. The van der Waals surface area contributed by atoms with Gasteiger partial charge in [0.2, 0.25) is 5.95 Å². The second kappa shape index (κ2) is 11.7. The summed E-state index contributed by atoms with van der Waals surface area (Å²) in [5.41, 5.74) is 1.98. The summed E-state index contributed by atoms with van der Waals surface area (Å²) in [4.78, 5) is 11.0. The highest BCUT2D eigenvalue weighted by molar-refractivity contribution is 5.62. The van der Waals surface area contributed by atoms with Crippen LogP contribution in [0.4, 0.5) is 21.8 Å². The summed E-state index contributed by atoms with van der Waals surface area (Å²) in [6.07, 6.45) is 5.84. The van der Waals surface area contributed by atoms with E-state index in [2.05, 4.69) is 55.8 Å². The van der Waals surface area contributed by atoms with Crippen molar-refractivity contribution in [2.24, 2.45) is 0 Å². The van der Waals surface area contributed by atoms with Crippen molar-refractivity contribution in [2.45, 2.75) is 38.3 Å². The summed E-state index contributed by atoms with van der Waals surface area (Å²) in [6.45, 7) is 2.81. The number of ether oxygens (including phenoxy) is 2. The number of piperidine rings is 1. The monoisotopic (exact) mass is 465 g/mol. The van der Waals surface area contributed by atoms with Gasteiger partial charge in [0.15, 0.2) is 23.1 Å². The number of hydrogen-bond donors (Lipinski definition) is 2. The zero-order valence-electron chi connectivity index (χ0n) is 19.8. The van der Waals surface area contributed by atoms with E-state index in [0.717, 1.165) is 26.1 Å². The first-order valence-electron chi connectivity index (χ1n) is 11.7. The lowest BCUT2D eigenvalue weighted by Crippen LogP contribution is -2.40. The third-order valence-electron chi connectivity index (χ3n) is 6.13. The van der Waals surface area contributed by atoms with Gasteiger partial charge < -0.3 is 20.1 Å².